The number of anilines is 1. The largest absolute Gasteiger partial charge is 0.324 e. The number of hydrogen-bond acceptors (Lipinski definition) is 4. The number of nitrogens with one attached hydrogen (secondary N) is 1. The van der Waals surface area contributed by atoms with Crippen molar-refractivity contribution < 1.29 is 13.2 Å². The van der Waals surface area contributed by atoms with Gasteiger partial charge in [0.2, 0.25) is 15.9 Å². The van der Waals surface area contributed by atoms with Crippen LogP contribution in [0.4, 0.5) is 5.69 Å². The van der Waals surface area contributed by atoms with Crippen LogP contribution in [0.1, 0.15) is 22.7 Å². The van der Waals surface area contributed by atoms with Gasteiger partial charge in [-0.1, -0.05) is 54.1 Å². The maximum Gasteiger partial charge on any atom is 0.246 e. The second kappa shape index (κ2) is 10.3. The molecule has 1 aliphatic rings. The van der Waals surface area contributed by atoms with Crippen molar-refractivity contribution in [3.63, 3.8) is 0 Å². The van der Waals surface area contributed by atoms with Crippen LogP contribution in [0, 0.1) is 13.8 Å². The van der Waals surface area contributed by atoms with Gasteiger partial charge in [0.25, 0.3) is 0 Å². The van der Waals surface area contributed by atoms with Crippen molar-refractivity contribution in [2.24, 2.45) is 0 Å². The zero-order valence-corrected chi connectivity index (χ0v) is 20.8. The van der Waals surface area contributed by atoms with E-state index in [4.69, 9.17) is 11.6 Å². The van der Waals surface area contributed by atoms with Gasteiger partial charge in [-0.25, -0.2) is 8.42 Å². The second-order valence-corrected chi connectivity index (χ2v) is 10.9. The van der Waals surface area contributed by atoms with E-state index in [-0.39, 0.29) is 10.8 Å². The van der Waals surface area contributed by atoms with E-state index in [9.17, 15) is 13.2 Å². The standard InChI is InChI=1S/C26H28ClN3O3S/c1-19-8-9-20(2)24(18-19)28-26(31)25(21-6-4-3-5-7-21)29-14-16-30(17-15-29)34(32,33)23-12-10-22(27)11-13-23/h3-13,18,25H,14-17H2,1-2H3,(H,28,31)/t25-/m0/s1. The van der Waals surface area contributed by atoms with Crippen LogP contribution >= 0.6 is 11.6 Å². The van der Waals surface area contributed by atoms with Crippen molar-refractivity contribution >= 4 is 33.2 Å². The van der Waals surface area contributed by atoms with Crippen molar-refractivity contribution in [3.8, 4) is 0 Å². The van der Waals surface area contributed by atoms with Gasteiger partial charge in [-0.05, 0) is 60.9 Å². The molecule has 4 rings (SSSR count). The summed E-state index contributed by atoms with van der Waals surface area (Å²) in [6.45, 7) is 5.42. The maximum absolute atomic E-state index is 13.5. The lowest BCUT2D eigenvalue weighted by atomic mass is 10.0. The van der Waals surface area contributed by atoms with E-state index in [0.29, 0.717) is 31.2 Å². The van der Waals surface area contributed by atoms with Crippen LogP contribution in [0.3, 0.4) is 0 Å². The van der Waals surface area contributed by atoms with Gasteiger partial charge in [0.1, 0.15) is 6.04 Å². The van der Waals surface area contributed by atoms with E-state index in [1.165, 1.54) is 16.4 Å². The van der Waals surface area contributed by atoms with E-state index < -0.39 is 16.1 Å². The molecular weight excluding hydrogens is 470 g/mol. The zero-order valence-electron chi connectivity index (χ0n) is 19.2. The summed E-state index contributed by atoms with van der Waals surface area (Å²) in [5.41, 5.74) is 3.72. The van der Waals surface area contributed by atoms with Crippen molar-refractivity contribution in [1.82, 2.24) is 9.21 Å². The highest BCUT2D eigenvalue weighted by Gasteiger charge is 2.34. The zero-order chi connectivity index (χ0) is 24.3. The Kier molecular flexibility index (Phi) is 7.38. The third kappa shape index (κ3) is 5.33. The SMILES string of the molecule is Cc1ccc(C)c(NC(=O)[C@H](c2ccccc2)N2CCN(S(=O)(=O)c3ccc(Cl)cc3)CC2)c1. The fourth-order valence-corrected chi connectivity index (χ4v) is 5.74. The number of sulfonamides is 1. The number of carbonyl (C=O) groups is 1. The van der Waals surface area contributed by atoms with Crippen molar-refractivity contribution in [1.29, 1.82) is 0 Å². The molecule has 1 amide bonds. The molecule has 1 saturated heterocycles. The van der Waals surface area contributed by atoms with Gasteiger partial charge in [-0.3, -0.25) is 9.69 Å². The topological polar surface area (TPSA) is 69.7 Å². The first-order valence-corrected chi connectivity index (χ1v) is 13.0. The highest BCUT2D eigenvalue weighted by atomic mass is 35.5. The molecule has 178 valence electrons. The molecule has 1 aliphatic heterocycles. The molecule has 1 fully saturated rings. The molecule has 0 bridgehead atoms. The summed E-state index contributed by atoms with van der Waals surface area (Å²) in [6.07, 6.45) is 0. The lowest BCUT2D eigenvalue weighted by Gasteiger charge is -2.38. The smallest absolute Gasteiger partial charge is 0.246 e. The molecule has 3 aromatic carbocycles. The predicted octanol–water partition coefficient (Wildman–Crippen LogP) is 4.64. The summed E-state index contributed by atoms with van der Waals surface area (Å²) in [5.74, 6) is -0.131. The van der Waals surface area contributed by atoms with E-state index in [1.807, 2.05) is 67.3 Å². The number of carbonyl (C=O) groups excluding carboxylic acids is 1. The molecule has 0 unspecified atom stereocenters. The molecule has 8 heteroatoms. The van der Waals surface area contributed by atoms with Crippen molar-refractivity contribution in [2.45, 2.75) is 24.8 Å². The molecule has 0 saturated carbocycles. The third-order valence-corrected chi connectivity index (χ3v) is 8.27. The summed E-state index contributed by atoms with van der Waals surface area (Å²) in [5, 5.41) is 3.58. The fraction of sp³-hybridized carbons (Fsp3) is 0.269. The Morgan fingerprint density at radius 3 is 2.21 bits per heavy atom. The lowest BCUT2D eigenvalue weighted by Crippen LogP contribution is -2.51. The normalized spacial score (nSPS) is 16.2. The number of aryl methyl sites for hydroxylation is 2. The third-order valence-electron chi connectivity index (χ3n) is 6.10. The molecule has 6 nitrogen and oxygen atoms in total. The Balaban J connectivity index is 1.54. The molecule has 34 heavy (non-hydrogen) atoms. The Hall–Kier alpha value is -2.71. The summed E-state index contributed by atoms with van der Waals surface area (Å²) in [6, 6.07) is 21.2. The molecule has 1 atom stereocenters. The van der Waals surface area contributed by atoms with E-state index in [0.717, 1.165) is 22.4 Å². The van der Waals surface area contributed by atoms with Crippen molar-refractivity contribution in [2.75, 3.05) is 31.5 Å². The fourth-order valence-electron chi connectivity index (χ4n) is 4.19. The quantitative estimate of drug-likeness (QED) is 0.538. The van der Waals surface area contributed by atoms with Crippen LogP contribution in [-0.4, -0.2) is 49.7 Å². The van der Waals surface area contributed by atoms with Gasteiger partial charge in [0, 0.05) is 36.9 Å². The van der Waals surface area contributed by atoms with Gasteiger partial charge in [-0.2, -0.15) is 4.31 Å². The Bertz CT molecular complexity index is 1260. The second-order valence-electron chi connectivity index (χ2n) is 8.51. The molecule has 0 aliphatic carbocycles. The highest BCUT2D eigenvalue weighted by Crippen LogP contribution is 2.27. The molecule has 0 aromatic heterocycles. The van der Waals surface area contributed by atoms with Crippen molar-refractivity contribution in [3.05, 3.63) is 94.5 Å². The van der Waals surface area contributed by atoms with E-state index in [1.54, 1.807) is 12.1 Å². The Morgan fingerprint density at radius 1 is 0.912 bits per heavy atom. The Labute approximate surface area is 206 Å². The summed E-state index contributed by atoms with van der Waals surface area (Å²) >= 11 is 5.91. The van der Waals surface area contributed by atoms with Gasteiger partial charge >= 0.3 is 0 Å². The molecular formula is C26H28ClN3O3S. The minimum atomic E-state index is -3.62. The minimum absolute atomic E-state index is 0.131. The van der Waals surface area contributed by atoms with Gasteiger partial charge in [0.05, 0.1) is 4.90 Å². The molecule has 1 N–H and O–H groups in total. The number of hydrogen-bond donors (Lipinski definition) is 1. The number of halogens is 1. The number of amides is 1. The van der Waals surface area contributed by atoms with Crippen LogP contribution in [-0.2, 0) is 14.8 Å². The van der Waals surface area contributed by atoms with E-state index in [2.05, 4.69) is 5.32 Å². The number of nitrogens with zero attached hydrogens (tertiary/aromatic N) is 2. The van der Waals surface area contributed by atoms with E-state index >= 15 is 0 Å². The first-order chi connectivity index (χ1) is 16.3. The lowest BCUT2D eigenvalue weighted by molar-refractivity contribution is -0.122. The maximum atomic E-state index is 13.5. The first-order valence-electron chi connectivity index (χ1n) is 11.2. The van der Waals surface area contributed by atoms with Crippen LogP contribution < -0.4 is 5.32 Å². The van der Waals surface area contributed by atoms with Gasteiger partial charge in [0.15, 0.2) is 0 Å². The predicted molar refractivity (Wildman–Crippen MR) is 136 cm³/mol. The summed E-state index contributed by atoms with van der Waals surface area (Å²) in [4.78, 5) is 15.8. The van der Waals surface area contributed by atoms with Gasteiger partial charge < -0.3 is 5.32 Å². The molecule has 0 spiro atoms. The average molecular weight is 498 g/mol. The van der Waals surface area contributed by atoms with Crippen LogP contribution in [0.25, 0.3) is 0 Å². The summed E-state index contributed by atoms with van der Waals surface area (Å²) in [7, 11) is -3.62. The Morgan fingerprint density at radius 2 is 1.56 bits per heavy atom. The van der Waals surface area contributed by atoms with Crippen LogP contribution in [0.2, 0.25) is 5.02 Å². The average Bonchev–Trinajstić information content (AvgIpc) is 2.83. The monoisotopic (exact) mass is 497 g/mol. The molecule has 1 heterocycles. The molecule has 0 radical (unpaired) electrons. The van der Waals surface area contributed by atoms with Gasteiger partial charge in [-0.15, -0.1) is 0 Å². The first kappa shape index (κ1) is 24.4. The molecule has 3 aromatic rings. The number of rotatable bonds is 6. The highest BCUT2D eigenvalue weighted by molar-refractivity contribution is 7.89. The van der Waals surface area contributed by atoms with Crippen LogP contribution in [0.15, 0.2) is 77.7 Å². The van der Waals surface area contributed by atoms with Crippen LogP contribution in [0.5, 0.6) is 0 Å². The minimum Gasteiger partial charge on any atom is -0.324 e. The number of piperazine rings is 1. The number of benzene rings is 3. The summed E-state index contributed by atoms with van der Waals surface area (Å²) < 4.78 is 27.6.